The number of carbonyl (C=O) groups excluding carboxylic acids is 2. The smallest absolute Gasteiger partial charge is 0.338 e. The van der Waals surface area contributed by atoms with Crippen LogP contribution in [0.25, 0.3) is 0 Å². The number of Topliss-reactive ketones (excluding diaryl/α,β-unsaturated/α-hetero) is 1. The predicted octanol–water partition coefficient (Wildman–Crippen LogP) is 1.27. The number of ether oxygens (including phenoxy) is 3. The first-order valence-corrected chi connectivity index (χ1v) is 8.24. The molecule has 1 aromatic rings. The Morgan fingerprint density at radius 3 is 2.83 bits per heavy atom. The molecule has 6 atom stereocenters. The van der Waals surface area contributed by atoms with Gasteiger partial charge < -0.3 is 19.3 Å². The molecule has 4 fully saturated rings. The molecule has 2 aliphatic heterocycles. The van der Waals surface area contributed by atoms with Gasteiger partial charge in [0.1, 0.15) is 12.4 Å². The summed E-state index contributed by atoms with van der Waals surface area (Å²) >= 11 is 0. The quantitative estimate of drug-likeness (QED) is 0.841. The molecular formula is C18H18O6. The number of carbonyl (C=O) groups is 2. The topological polar surface area (TPSA) is 82.1 Å². The molecule has 0 aromatic heterocycles. The largest absolute Gasteiger partial charge is 0.462 e. The van der Waals surface area contributed by atoms with Crippen LogP contribution in [0.4, 0.5) is 0 Å². The van der Waals surface area contributed by atoms with Gasteiger partial charge in [-0.25, -0.2) is 4.79 Å². The summed E-state index contributed by atoms with van der Waals surface area (Å²) in [5, 5.41) is 10.9. The molecule has 2 heterocycles. The highest BCUT2D eigenvalue weighted by atomic mass is 16.8. The van der Waals surface area contributed by atoms with Crippen LogP contribution in [0.2, 0.25) is 0 Å². The second-order valence-electron chi connectivity index (χ2n) is 7.46. The van der Waals surface area contributed by atoms with Gasteiger partial charge in [0, 0.05) is 18.8 Å². The molecule has 126 valence electrons. The van der Waals surface area contributed by atoms with Crippen LogP contribution >= 0.6 is 0 Å². The first-order valence-electron chi connectivity index (χ1n) is 8.24. The zero-order chi connectivity index (χ0) is 16.7. The van der Waals surface area contributed by atoms with Crippen molar-refractivity contribution < 1.29 is 28.9 Å². The van der Waals surface area contributed by atoms with Gasteiger partial charge in [0.25, 0.3) is 0 Å². The van der Waals surface area contributed by atoms with Crippen molar-refractivity contribution in [3.63, 3.8) is 0 Å². The Kier molecular flexibility index (Phi) is 2.58. The number of hydrogen-bond acceptors (Lipinski definition) is 6. The summed E-state index contributed by atoms with van der Waals surface area (Å²) in [6, 6.07) is 8.74. The Morgan fingerprint density at radius 2 is 2.08 bits per heavy atom. The van der Waals surface area contributed by atoms with Gasteiger partial charge in [0.15, 0.2) is 12.1 Å². The lowest BCUT2D eigenvalue weighted by Crippen LogP contribution is -2.70. The third-order valence-electron chi connectivity index (χ3n) is 6.46. The van der Waals surface area contributed by atoms with Gasteiger partial charge in [-0.15, -0.1) is 0 Å². The molecule has 4 aliphatic rings. The van der Waals surface area contributed by atoms with E-state index in [2.05, 4.69) is 0 Å². The van der Waals surface area contributed by atoms with Gasteiger partial charge in [-0.2, -0.15) is 0 Å². The van der Waals surface area contributed by atoms with Crippen molar-refractivity contribution >= 4 is 11.8 Å². The molecule has 6 heteroatoms. The van der Waals surface area contributed by atoms with Crippen LogP contribution in [0.15, 0.2) is 30.3 Å². The fourth-order valence-electron chi connectivity index (χ4n) is 5.61. The molecule has 2 saturated heterocycles. The number of fused-ring (bicyclic) bond motifs is 1. The van der Waals surface area contributed by atoms with Crippen LogP contribution in [-0.2, 0) is 19.0 Å². The molecule has 1 N–H and O–H groups in total. The number of rotatable bonds is 3. The van der Waals surface area contributed by atoms with Crippen molar-refractivity contribution in [1.82, 2.24) is 0 Å². The van der Waals surface area contributed by atoms with E-state index < -0.39 is 29.1 Å². The van der Waals surface area contributed by atoms with Gasteiger partial charge in [0.05, 0.1) is 22.5 Å². The zero-order valence-corrected chi connectivity index (χ0v) is 13.2. The van der Waals surface area contributed by atoms with E-state index in [0.29, 0.717) is 12.0 Å². The second-order valence-corrected chi connectivity index (χ2v) is 7.46. The molecule has 2 saturated carbocycles. The lowest BCUT2D eigenvalue weighted by Gasteiger charge is -2.59. The minimum Gasteiger partial charge on any atom is -0.462 e. The average molecular weight is 330 g/mol. The molecule has 6 nitrogen and oxygen atoms in total. The van der Waals surface area contributed by atoms with Gasteiger partial charge in [-0.1, -0.05) is 18.2 Å². The lowest BCUT2D eigenvalue weighted by atomic mass is 9.49. The molecule has 2 aliphatic carbocycles. The first-order chi connectivity index (χ1) is 11.4. The maximum atomic E-state index is 12.3. The van der Waals surface area contributed by atoms with Crippen LogP contribution < -0.4 is 0 Å². The summed E-state index contributed by atoms with van der Waals surface area (Å²) in [5.74, 6) is -2.27. The Bertz CT molecular complexity index is 747. The number of hydrogen-bond donors (Lipinski definition) is 1. The summed E-state index contributed by atoms with van der Waals surface area (Å²) in [6.45, 7) is 1.93. The normalized spacial score (nSPS) is 47.4. The van der Waals surface area contributed by atoms with Gasteiger partial charge in [-0.3, -0.25) is 4.79 Å². The highest BCUT2D eigenvalue weighted by molar-refractivity contribution is 5.90. The standard InChI is InChI=1S/C18H18O6/c1-16-8-13(19)11-7-17(21)18(11,16)12(15(23-16)24-17)9-22-14(20)10-5-3-2-4-6-10/h2-6,11-12,15,21H,7-9H2,1H3/t11-,12-,15-,16-,17+,18?/m0/s1. The van der Waals surface area contributed by atoms with E-state index in [1.807, 2.05) is 13.0 Å². The van der Waals surface area contributed by atoms with E-state index in [9.17, 15) is 14.7 Å². The highest BCUT2D eigenvalue weighted by Crippen LogP contribution is 2.79. The van der Waals surface area contributed by atoms with E-state index in [1.165, 1.54) is 0 Å². The molecule has 1 spiro atoms. The number of ketones is 1. The molecule has 1 unspecified atom stereocenters. The van der Waals surface area contributed by atoms with Gasteiger partial charge in [-0.05, 0) is 19.1 Å². The fraction of sp³-hybridized carbons (Fsp3) is 0.556. The van der Waals surface area contributed by atoms with Crippen molar-refractivity contribution in [2.75, 3.05) is 6.61 Å². The summed E-state index contributed by atoms with van der Waals surface area (Å²) in [5.41, 5.74) is -1.07. The van der Waals surface area contributed by atoms with Crippen LogP contribution in [0.3, 0.4) is 0 Å². The minimum absolute atomic E-state index is 0.0695. The zero-order valence-electron chi connectivity index (χ0n) is 13.2. The van der Waals surface area contributed by atoms with Gasteiger partial charge >= 0.3 is 5.97 Å². The van der Waals surface area contributed by atoms with Crippen molar-refractivity contribution in [2.24, 2.45) is 17.3 Å². The minimum atomic E-state index is -1.34. The third-order valence-corrected chi connectivity index (χ3v) is 6.46. The molecule has 0 radical (unpaired) electrons. The Labute approximate surface area is 138 Å². The van der Waals surface area contributed by atoms with E-state index in [4.69, 9.17) is 14.2 Å². The molecule has 1 aromatic carbocycles. The highest BCUT2D eigenvalue weighted by Gasteiger charge is 2.90. The summed E-state index contributed by atoms with van der Waals surface area (Å²) in [4.78, 5) is 24.5. The molecule has 2 bridgehead atoms. The van der Waals surface area contributed by atoms with Crippen molar-refractivity contribution in [1.29, 1.82) is 0 Å². The van der Waals surface area contributed by atoms with E-state index in [-0.39, 0.29) is 30.6 Å². The maximum absolute atomic E-state index is 12.3. The SMILES string of the molecule is C[C@@]12CC(=O)[C@@H]3C[C@@]4(O)O[C@H](O1)[C@H](COC(=O)c1ccccc1)C342. The molecule has 24 heavy (non-hydrogen) atoms. The van der Waals surface area contributed by atoms with Crippen molar-refractivity contribution in [2.45, 2.75) is 37.4 Å². The van der Waals surface area contributed by atoms with Crippen LogP contribution in [0, 0.1) is 17.3 Å². The average Bonchev–Trinajstić information content (AvgIpc) is 2.98. The second kappa shape index (κ2) is 4.25. The lowest BCUT2D eigenvalue weighted by molar-refractivity contribution is -0.405. The number of aliphatic hydroxyl groups is 1. The van der Waals surface area contributed by atoms with E-state index >= 15 is 0 Å². The van der Waals surface area contributed by atoms with E-state index in [0.717, 1.165) is 0 Å². The van der Waals surface area contributed by atoms with Crippen molar-refractivity contribution in [3.8, 4) is 0 Å². The van der Waals surface area contributed by atoms with Crippen LogP contribution in [0.1, 0.15) is 30.1 Å². The summed E-state index contributed by atoms with van der Waals surface area (Å²) in [6.07, 6.45) is -0.0467. The van der Waals surface area contributed by atoms with Crippen LogP contribution in [0.5, 0.6) is 0 Å². The maximum Gasteiger partial charge on any atom is 0.338 e. The van der Waals surface area contributed by atoms with E-state index in [1.54, 1.807) is 24.3 Å². The fourth-order valence-corrected chi connectivity index (χ4v) is 5.61. The molecular weight excluding hydrogens is 312 g/mol. The van der Waals surface area contributed by atoms with Crippen molar-refractivity contribution in [3.05, 3.63) is 35.9 Å². The summed E-state index contributed by atoms with van der Waals surface area (Å²) < 4.78 is 17.1. The van der Waals surface area contributed by atoms with Gasteiger partial charge in [0.2, 0.25) is 0 Å². The Balaban J connectivity index is 1.42. The Hall–Kier alpha value is -1.76. The molecule has 0 amide bonds. The third kappa shape index (κ3) is 1.40. The van der Waals surface area contributed by atoms with Crippen LogP contribution in [-0.4, -0.2) is 41.1 Å². The first kappa shape index (κ1) is 14.6. The number of benzene rings is 1. The number of esters is 1. The Morgan fingerprint density at radius 1 is 1.33 bits per heavy atom. The monoisotopic (exact) mass is 330 g/mol. The predicted molar refractivity (Wildman–Crippen MR) is 79.7 cm³/mol. The summed E-state index contributed by atoms with van der Waals surface area (Å²) in [7, 11) is 0. The molecule has 5 rings (SSSR count).